The zero-order valence-corrected chi connectivity index (χ0v) is 19.1. The smallest absolute Gasteiger partial charge is 0.269 e. The summed E-state index contributed by atoms with van der Waals surface area (Å²) in [5.74, 6) is -0.345. The second-order valence-corrected chi connectivity index (χ2v) is 10.1. The van der Waals surface area contributed by atoms with Gasteiger partial charge in [0.05, 0.1) is 25.8 Å². The number of rotatable bonds is 8. The van der Waals surface area contributed by atoms with Crippen molar-refractivity contribution in [2.75, 3.05) is 10.0 Å². The Labute approximate surface area is 194 Å². The van der Waals surface area contributed by atoms with Gasteiger partial charge in [0.25, 0.3) is 15.7 Å². The fourth-order valence-corrected chi connectivity index (χ4v) is 4.87. The topological polar surface area (TPSA) is 118 Å². The number of thioether (sulfide) groups is 1. The van der Waals surface area contributed by atoms with Gasteiger partial charge in [-0.1, -0.05) is 29.8 Å². The maximum Gasteiger partial charge on any atom is 0.269 e. The van der Waals surface area contributed by atoms with Crippen LogP contribution in [0.3, 0.4) is 0 Å². The Bertz CT molecular complexity index is 1250. The molecule has 0 heterocycles. The van der Waals surface area contributed by atoms with Crippen LogP contribution in [0.1, 0.15) is 6.92 Å². The van der Waals surface area contributed by atoms with Crippen LogP contribution in [0.4, 0.5) is 17.1 Å². The van der Waals surface area contributed by atoms with E-state index in [2.05, 4.69) is 10.0 Å². The predicted octanol–water partition coefficient (Wildman–Crippen LogP) is 5.17. The van der Waals surface area contributed by atoms with Gasteiger partial charge < -0.3 is 5.32 Å². The van der Waals surface area contributed by atoms with Crippen LogP contribution in [-0.4, -0.2) is 24.5 Å². The molecule has 0 saturated carbocycles. The molecule has 0 bridgehead atoms. The molecule has 1 amide bonds. The van der Waals surface area contributed by atoms with E-state index in [1.165, 1.54) is 42.1 Å². The zero-order valence-electron chi connectivity index (χ0n) is 16.7. The van der Waals surface area contributed by atoms with Crippen molar-refractivity contribution >= 4 is 56.4 Å². The third kappa shape index (κ3) is 6.00. The summed E-state index contributed by atoms with van der Waals surface area (Å²) in [5.41, 5.74) is 0.528. The van der Waals surface area contributed by atoms with E-state index in [0.717, 1.165) is 0 Å². The van der Waals surface area contributed by atoms with Gasteiger partial charge in [-0.05, 0) is 49.4 Å². The molecule has 0 saturated heterocycles. The highest BCUT2D eigenvalue weighted by Crippen LogP contribution is 2.27. The Balaban J connectivity index is 1.68. The van der Waals surface area contributed by atoms with Crippen molar-refractivity contribution in [2.24, 2.45) is 0 Å². The molecule has 2 N–H and O–H groups in total. The molecule has 3 aromatic rings. The second kappa shape index (κ2) is 10.0. The Morgan fingerprint density at radius 1 is 1.06 bits per heavy atom. The van der Waals surface area contributed by atoms with Gasteiger partial charge in [-0.3, -0.25) is 19.6 Å². The van der Waals surface area contributed by atoms with Crippen LogP contribution >= 0.6 is 23.4 Å². The molecule has 8 nitrogen and oxygen atoms in total. The number of halogens is 1. The first-order valence-electron chi connectivity index (χ1n) is 9.25. The number of carbonyl (C=O) groups excluding carboxylic acids is 1. The highest BCUT2D eigenvalue weighted by Gasteiger charge is 2.19. The lowest BCUT2D eigenvalue weighted by Gasteiger charge is -2.14. The van der Waals surface area contributed by atoms with Crippen molar-refractivity contribution in [1.29, 1.82) is 0 Å². The predicted molar refractivity (Wildman–Crippen MR) is 126 cm³/mol. The van der Waals surface area contributed by atoms with Gasteiger partial charge in [0.2, 0.25) is 5.91 Å². The summed E-state index contributed by atoms with van der Waals surface area (Å²) in [6.45, 7) is 1.68. The molecule has 1 unspecified atom stereocenters. The van der Waals surface area contributed by atoms with Crippen molar-refractivity contribution in [2.45, 2.75) is 22.0 Å². The third-order valence-electron chi connectivity index (χ3n) is 4.26. The van der Waals surface area contributed by atoms with Crippen LogP contribution in [0.15, 0.2) is 82.6 Å². The van der Waals surface area contributed by atoms with E-state index in [1.807, 2.05) is 0 Å². The van der Waals surface area contributed by atoms with Crippen molar-refractivity contribution in [3.8, 4) is 0 Å². The highest BCUT2D eigenvalue weighted by molar-refractivity contribution is 8.00. The Morgan fingerprint density at radius 2 is 1.75 bits per heavy atom. The van der Waals surface area contributed by atoms with Gasteiger partial charge in [-0.15, -0.1) is 11.8 Å². The number of sulfonamides is 1. The van der Waals surface area contributed by atoms with Crippen molar-refractivity contribution in [3.05, 3.63) is 87.9 Å². The molecule has 0 radical (unpaired) electrons. The summed E-state index contributed by atoms with van der Waals surface area (Å²) in [7, 11) is -3.92. The second-order valence-electron chi connectivity index (χ2n) is 6.61. The number of anilines is 2. The van der Waals surface area contributed by atoms with Gasteiger partial charge in [-0.25, -0.2) is 8.42 Å². The number of nitrogens with one attached hydrogen (secondary N) is 2. The SMILES string of the molecule is CC(Sc1ccc([N+](=O)[O-])cc1)C(=O)Nc1cccc(S(=O)(=O)Nc2ccccc2Cl)c1. The molecule has 3 rings (SSSR count). The summed E-state index contributed by atoms with van der Waals surface area (Å²) >= 11 is 7.25. The van der Waals surface area contributed by atoms with Crippen LogP contribution in [0.5, 0.6) is 0 Å². The minimum absolute atomic E-state index is 0.0325. The van der Waals surface area contributed by atoms with Crippen LogP contribution < -0.4 is 10.0 Å². The number of para-hydroxylation sites is 1. The largest absolute Gasteiger partial charge is 0.325 e. The summed E-state index contributed by atoms with van der Waals surface area (Å²) in [5, 5.41) is 13.2. The van der Waals surface area contributed by atoms with Crippen molar-refractivity contribution < 1.29 is 18.1 Å². The van der Waals surface area contributed by atoms with Crippen LogP contribution in [0, 0.1) is 10.1 Å². The number of benzene rings is 3. The van der Waals surface area contributed by atoms with E-state index in [9.17, 15) is 23.3 Å². The van der Waals surface area contributed by atoms with E-state index >= 15 is 0 Å². The van der Waals surface area contributed by atoms with Gasteiger partial charge in [-0.2, -0.15) is 0 Å². The van der Waals surface area contributed by atoms with E-state index in [-0.39, 0.29) is 27.2 Å². The first-order valence-corrected chi connectivity index (χ1v) is 12.0. The van der Waals surface area contributed by atoms with E-state index in [0.29, 0.717) is 10.6 Å². The molecule has 32 heavy (non-hydrogen) atoms. The molecular weight excluding hydrogens is 474 g/mol. The summed E-state index contributed by atoms with van der Waals surface area (Å²) < 4.78 is 27.8. The molecule has 0 aliphatic carbocycles. The molecule has 0 spiro atoms. The van der Waals surface area contributed by atoms with Crippen LogP contribution in [0.2, 0.25) is 5.02 Å². The number of nitrogens with zero attached hydrogens (tertiary/aromatic N) is 1. The number of amides is 1. The standard InChI is InChI=1S/C21H18ClN3O5S2/c1-14(31-17-11-9-16(10-12-17)25(27)28)21(26)23-15-5-4-6-18(13-15)32(29,30)24-20-8-3-2-7-19(20)22/h2-14,24H,1H3,(H,23,26). The fraction of sp³-hybridized carbons (Fsp3) is 0.0952. The van der Waals surface area contributed by atoms with Gasteiger partial charge in [0.15, 0.2) is 0 Å². The lowest BCUT2D eigenvalue weighted by atomic mass is 10.3. The van der Waals surface area contributed by atoms with E-state index in [4.69, 9.17) is 11.6 Å². The molecule has 166 valence electrons. The van der Waals surface area contributed by atoms with Crippen LogP contribution in [0.25, 0.3) is 0 Å². The molecule has 0 aliphatic rings. The molecule has 0 aliphatic heterocycles. The number of nitro benzene ring substituents is 1. The van der Waals surface area contributed by atoms with Gasteiger partial charge in [0, 0.05) is 22.7 Å². The Kier molecular flexibility index (Phi) is 7.39. The monoisotopic (exact) mass is 491 g/mol. The lowest BCUT2D eigenvalue weighted by molar-refractivity contribution is -0.384. The average molecular weight is 492 g/mol. The van der Waals surface area contributed by atoms with Crippen LogP contribution in [-0.2, 0) is 14.8 Å². The molecular formula is C21H18ClN3O5S2. The Morgan fingerprint density at radius 3 is 2.41 bits per heavy atom. The molecule has 11 heteroatoms. The van der Waals surface area contributed by atoms with E-state index < -0.39 is 20.2 Å². The maximum absolute atomic E-state index is 12.7. The van der Waals surface area contributed by atoms with Crippen molar-refractivity contribution in [1.82, 2.24) is 0 Å². The molecule has 0 fully saturated rings. The quantitative estimate of drug-likeness (QED) is 0.255. The number of hydrogen-bond donors (Lipinski definition) is 2. The Hall–Kier alpha value is -3.08. The molecule has 3 aromatic carbocycles. The third-order valence-corrected chi connectivity index (χ3v) is 7.06. The fourth-order valence-electron chi connectivity index (χ4n) is 2.64. The first kappa shape index (κ1) is 23.6. The first-order chi connectivity index (χ1) is 15.2. The lowest BCUT2D eigenvalue weighted by Crippen LogP contribution is -2.22. The number of hydrogen-bond acceptors (Lipinski definition) is 6. The normalized spacial score (nSPS) is 12.1. The minimum atomic E-state index is -3.92. The average Bonchev–Trinajstić information content (AvgIpc) is 2.76. The molecule has 0 aromatic heterocycles. The highest BCUT2D eigenvalue weighted by atomic mass is 35.5. The maximum atomic E-state index is 12.7. The zero-order chi connectivity index (χ0) is 23.3. The summed E-state index contributed by atoms with van der Waals surface area (Å²) in [4.78, 5) is 23.5. The van der Waals surface area contributed by atoms with Gasteiger partial charge in [0.1, 0.15) is 0 Å². The minimum Gasteiger partial charge on any atom is -0.325 e. The van der Waals surface area contributed by atoms with Gasteiger partial charge >= 0.3 is 0 Å². The molecule has 1 atom stereocenters. The number of nitro groups is 1. The number of carbonyl (C=O) groups is 1. The number of non-ortho nitro benzene ring substituents is 1. The van der Waals surface area contributed by atoms with Crippen molar-refractivity contribution in [3.63, 3.8) is 0 Å². The summed E-state index contributed by atoms with van der Waals surface area (Å²) in [6.07, 6.45) is 0. The van der Waals surface area contributed by atoms with E-state index in [1.54, 1.807) is 49.4 Å². The summed E-state index contributed by atoms with van der Waals surface area (Å²) in [6, 6.07) is 18.2.